The van der Waals surface area contributed by atoms with Crippen molar-refractivity contribution in [1.82, 2.24) is 0 Å². The van der Waals surface area contributed by atoms with Gasteiger partial charge in [-0.3, -0.25) is 0 Å². The zero-order valence-electron chi connectivity index (χ0n) is 16.3. The maximum absolute atomic E-state index is 6.28. The Morgan fingerprint density at radius 2 is 1.58 bits per heavy atom. The Balaban J connectivity index is 1.54. The van der Waals surface area contributed by atoms with Crippen LogP contribution in [0.15, 0.2) is 42.5 Å². The number of hydrogen-bond donors (Lipinski definition) is 0. The summed E-state index contributed by atoms with van der Waals surface area (Å²) in [6.07, 6.45) is 2.12. The number of hydrogen-bond acceptors (Lipinski definition) is 3. The van der Waals surface area contributed by atoms with E-state index in [2.05, 4.69) is 77.1 Å². The molecule has 2 aliphatic heterocycles. The molecule has 1 saturated heterocycles. The van der Waals surface area contributed by atoms with Crippen LogP contribution in [0.5, 0.6) is 5.75 Å². The summed E-state index contributed by atoms with van der Waals surface area (Å²) < 4.78 is 18.6. The van der Waals surface area contributed by atoms with Crippen LogP contribution in [-0.2, 0) is 15.7 Å². The molecule has 0 amide bonds. The first kappa shape index (κ1) is 17.6. The first-order chi connectivity index (χ1) is 12.2. The predicted octanol–water partition coefficient (Wildman–Crippen LogP) is 4.36. The van der Waals surface area contributed by atoms with Crippen molar-refractivity contribution >= 4 is 12.6 Å². The summed E-state index contributed by atoms with van der Waals surface area (Å²) in [6, 6.07) is 15.0. The van der Waals surface area contributed by atoms with Crippen molar-refractivity contribution in [3.05, 3.63) is 59.2 Å². The average Bonchev–Trinajstić information content (AvgIpc) is 2.82. The molecule has 3 nitrogen and oxygen atoms in total. The number of rotatable bonds is 2. The zero-order chi connectivity index (χ0) is 18.5. The van der Waals surface area contributed by atoms with Crippen molar-refractivity contribution in [1.29, 1.82) is 0 Å². The second-order valence-corrected chi connectivity index (χ2v) is 8.51. The Bertz CT molecular complexity index is 795. The number of fused-ring (bicyclic) bond motifs is 1. The van der Waals surface area contributed by atoms with Gasteiger partial charge in [0.05, 0.1) is 11.2 Å². The molecule has 136 valence electrons. The van der Waals surface area contributed by atoms with Crippen molar-refractivity contribution < 1.29 is 14.0 Å². The third kappa shape index (κ3) is 3.06. The molecule has 2 aromatic carbocycles. The summed E-state index contributed by atoms with van der Waals surface area (Å²) in [5.41, 5.74) is 4.19. The molecule has 0 bridgehead atoms. The zero-order valence-corrected chi connectivity index (χ0v) is 16.3. The van der Waals surface area contributed by atoms with Gasteiger partial charge in [0.25, 0.3) is 0 Å². The number of benzene rings is 2. The second kappa shape index (κ2) is 6.14. The summed E-state index contributed by atoms with van der Waals surface area (Å²) in [5, 5.41) is 0. The Hall–Kier alpha value is -1.78. The van der Waals surface area contributed by atoms with Crippen LogP contribution >= 0.6 is 0 Å². The summed E-state index contributed by atoms with van der Waals surface area (Å²) >= 11 is 0. The van der Waals surface area contributed by atoms with Gasteiger partial charge in [0, 0.05) is 0 Å². The summed E-state index contributed by atoms with van der Waals surface area (Å²) in [5.74, 6) is 0.974. The fourth-order valence-corrected chi connectivity index (χ4v) is 3.55. The van der Waals surface area contributed by atoms with Gasteiger partial charge in [-0.05, 0) is 70.1 Å². The Labute approximate surface area is 156 Å². The highest BCUT2D eigenvalue weighted by Crippen LogP contribution is 2.38. The Morgan fingerprint density at radius 3 is 2.23 bits per heavy atom. The molecule has 4 rings (SSSR count). The van der Waals surface area contributed by atoms with Crippen molar-refractivity contribution in [2.45, 2.75) is 64.8 Å². The van der Waals surface area contributed by atoms with Gasteiger partial charge in [0.2, 0.25) is 0 Å². The van der Waals surface area contributed by atoms with Gasteiger partial charge in [-0.25, -0.2) is 0 Å². The van der Waals surface area contributed by atoms with Crippen molar-refractivity contribution in [2.75, 3.05) is 0 Å². The fraction of sp³-hybridized carbons (Fsp3) is 0.455. The van der Waals surface area contributed by atoms with Crippen molar-refractivity contribution in [2.24, 2.45) is 0 Å². The number of ether oxygens (including phenoxy) is 1. The Morgan fingerprint density at radius 1 is 0.923 bits per heavy atom. The van der Waals surface area contributed by atoms with Gasteiger partial charge in [-0.15, -0.1) is 0 Å². The maximum atomic E-state index is 6.28. The lowest BCUT2D eigenvalue weighted by Crippen LogP contribution is -2.41. The average molecular weight is 350 g/mol. The molecule has 1 unspecified atom stereocenters. The van der Waals surface area contributed by atoms with Crippen LogP contribution in [0.4, 0.5) is 0 Å². The minimum Gasteiger partial charge on any atom is -0.485 e. The SMILES string of the molecule is Cc1ccc(C2CCc3cc(B4OC(C)(C)C(C)(C)O4)ccc3O2)cc1. The molecular formula is C22H27BO3. The van der Waals surface area contributed by atoms with Crippen LogP contribution in [0.25, 0.3) is 0 Å². The smallest absolute Gasteiger partial charge is 0.485 e. The van der Waals surface area contributed by atoms with Gasteiger partial charge in [-0.1, -0.05) is 42.0 Å². The van der Waals surface area contributed by atoms with Crippen LogP contribution in [0.2, 0.25) is 0 Å². The van der Waals surface area contributed by atoms with Crippen LogP contribution in [0.3, 0.4) is 0 Å². The fourth-order valence-electron chi connectivity index (χ4n) is 3.55. The first-order valence-corrected chi connectivity index (χ1v) is 9.47. The molecule has 1 atom stereocenters. The molecule has 1 fully saturated rings. The van der Waals surface area contributed by atoms with Gasteiger partial charge >= 0.3 is 7.12 Å². The van der Waals surface area contributed by atoms with E-state index in [0.717, 1.165) is 24.1 Å². The molecular weight excluding hydrogens is 323 g/mol. The second-order valence-electron chi connectivity index (χ2n) is 8.51. The molecule has 4 heteroatoms. The van der Waals surface area contributed by atoms with Crippen LogP contribution in [0.1, 0.15) is 56.9 Å². The van der Waals surface area contributed by atoms with Gasteiger partial charge in [0.1, 0.15) is 11.9 Å². The van der Waals surface area contributed by atoms with E-state index in [0.29, 0.717) is 0 Å². The Kier molecular flexibility index (Phi) is 4.16. The topological polar surface area (TPSA) is 27.7 Å². The first-order valence-electron chi connectivity index (χ1n) is 9.47. The quantitative estimate of drug-likeness (QED) is 0.753. The standard InChI is InChI=1S/C22H27BO3/c1-15-6-8-16(9-7-15)19-12-10-17-14-18(11-13-20(17)24-19)23-25-21(2,3)22(4,5)26-23/h6-9,11,13-14,19H,10,12H2,1-5H3. The summed E-state index contributed by atoms with van der Waals surface area (Å²) in [4.78, 5) is 0. The van der Waals surface area contributed by atoms with Crippen LogP contribution < -0.4 is 10.2 Å². The molecule has 0 saturated carbocycles. The third-order valence-corrected chi connectivity index (χ3v) is 6.00. The van der Waals surface area contributed by atoms with E-state index < -0.39 is 0 Å². The molecule has 2 aliphatic rings. The predicted molar refractivity (Wildman–Crippen MR) is 105 cm³/mol. The molecule has 26 heavy (non-hydrogen) atoms. The molecule has 2 aromatic rings. The van der Waals surface area contributed by atoms with Crippen molar-refractivity contribution in [3.63, 3.8) is 0 Å². The summed E-state index contributed by atoms with van der Waals surface area (Å²) in [6.45, 7) is 10.4. The van der Waals surface area contributed by atoms with Crippen molar-refractivity contribution in [3.8, 4) is 5.75 Å². The van der Waals surface area contributed by atoms with Gasteiger partial charge in [-0.2, -0.15) is 0 Å². The van der Waals surface area contributed by atoms with E-state index in [4.69, 9.17) is 14.0 Å². The molecule has 0 radical (unpaired) electrons. The van der Waals surface area contributed by atoms with E-state index in [1.54, 1.807) is 0 Å². The number of aryl methyl sites for hydroxylation is 2. The highest BCUT2D eigenvalue weighted by atomic mass is 16.7. The van der Waals surface area contributed by atoms with E-state index >= 15 is 0 Å². The van der Waals surface area contributed by atoms with Gasteiger partial charge < -0.3 is 14.0 Å². The van der Waals surface area contributed by atoms with E-state index in [1.807, 2.05) is 0 Å². The maximum Gasteiger partial charge on any atom is 0.494 e. The largest absolute Gasteiger partial charge is 0.494 e. The van der Waals surface area contributed by atoms with E-state index in [9.17, 15) is 0 Å². The molecule has 0 spiro atoms. The summed E-state index contributed by atoms with van der Waals surface area (Å²) in [7, 11) is -0.319. The lowest BCUT2D eigenvalue weighted by molar-refractivity contribution is 0.00578. The van der Waals surface area contributed by atoms with E-state index in [-0.39, 0.29) is 24.4 Å². The minimum absolute atomic E-state index is 0.130. The lowest BCUT2D eigenvalue weighted by atomic mass is 9.77. The van der Waals surface area contributed by atoms with E-state index in [1.165, 1.54) is 16.7 Å². The molecule has 2 heterocycles. The monoisotopic (exact) mass is 350 g/mol. The molecule has 0 N–H and O–H groups in total. The van der Waals surface area contributed by atoms with Crippen LogP contribution in [0, 0.1) is 6.92 Å². The minimum atomic E-state index is -0.319. The third-order valence-electron chi connectivity index (χ3n) is 6.00. The normalized spacial score (nSPS) is 23.4. The highest BCUT2D eigenvalue weighted by Gasteiger charge is 2.51. The van der Waals surface area contributed by atoms with Crippen LogP contribution in [-0.4, -0.2) is 18.3 Å². The highest BCUT2D eigenvalue weighted by molar-refractivity contribution is 6.62. The lowest BCUT2D eigenvalue weighted by Gasteiger charge is -2.32. The molecule has 0 aliphatic carbocycles. The van der Waals surface area contributed by atoms with Gasteiger partial charge in [0.15, 0.2) is 0 Å². The molecule has 0 aromatic heterocycles.